The number of carbonyl (C=O) groups excluding carboxylic acids is 4. The molecule has 1 N–H and O–H groups in total. The van der Waals surface area contributed by atoms with Gasteiger partial charge in [-0.25, -0.2) is 4.79 Å². The zero-order chi connectivity index (χ0) is 34.3. The summed E-state index contributed by atoms with van der Waals surface area (Å²) in [6, 6.07) is 22.3. The number of halogens is 3. The molecule has 0 aromatic heterocycles. The molecular formula is C37H33F3N2O6. The van der Waals surface area contributed by atoms with Gasteiger partial charge in [-0.1, -0.05) is 36.4 Å². The van der Waals surface area contributed by atoms with E-state index in [2.05, 4.69) is 10.1 Å². The van der Waals surface area contributed by atoms with E-state index in [1.807, 2.05) is 0 Å². The lowest BCUT2D eigenvalue weighted by Crippen LogP contribution is -2.29. The maximum absolute atomic E-state index is 13.6. The quantitative estimate of drug-likeness (QED) is 0.139. The van der Waals surface area contributed by atoms with Crippen molar-refractivity contribution in [3.8, 4) is 16.9 Å². The van der Waals surface area contributed by atoms with Crippen LogP contribution in [0.5, 0.6) is 5.75 Å². The van der Waals surface area contributed by atoms with Crippen molar-refractivity contribution in [2.24, 2.45) is 0 Å². The Bertz CT molecular complexity index is 1800. The van der Waals surface area contributed by atoms with Crippen LogP contribution in [0.2, 0.25) is 0 Å². The molecule has 8 nitrogen and oxygen atoms in total. The Labute approximate surface area is 275 Å². The first kappa shape index (κ1) is 33.9. The largest absolute Gasteiger partial charge is 0.465 e. The van der Waals surface area contributed by atoms with Gasteiger partial charge in [0.15, 0.2) is 0 Å². The second-order valence-corrected chi connectivity index (χ2v) is 11.3. The minimum absolute atomic E-state index is 0.105. The van der Waals surface area contributed by atoms with E-state index in [4.69, 9.17) is 4.74 Å². The number of hydrogen-bond donors (Lipinski definition) is 1. The number of ether oxygens (including phenoxy) is 2. The van der Waals surface area contributed by atoms with Crippen molar-refractivity contribution in [1.82, 2.24) is 4.90 Å². The van der Waals surface area contributed by atoms with Gasteiger partial charge in [-0.05, 0) is 97.0 Å². The molecule has 248 valence electrons. The predicted molar refractivity (Wildman–Crippen MR) is 173 cm³/mol. The van der Waals surface area contributed by atoms with E-state index in [-0.39, 0.29) is 17.9 Å². The van der Waals surface area contributed by atoms with Crippen molar-refractivity contribution in [2.45, 2.75) is 38.3 Å². The monoisotopic (exact) mass is 658 g/mol. The summed E-state index contributed by atoms with van der Waals surface area (Å²) in [5.41, 5.74) is 2.06. The third kappa shape index (κ3) is 8.28. The van der Waals surface area contributed by atoms with Crippen molar-refractivity contribution in [3.63, 3.8) is 0 Å². The Morgan fingerprint density at radius 1 is 0.833 bits per heavy atom. The minimum Gasteiger partial charge on any atom is -0.465 e. The molecule has 48 heavy (non-hydrogen) atoms. The number of aryl methyl sites for hydroxylation is 1. The zero-order valence-corrected chi connectivity index (χ0v) is 26.1. The van der Waals surface area contributed by atoms with Crippen LogP contribution in [0.25, 0.3) is 11.1 Å². The lowest BCUT2D eigenvalue weighted by molar-refractivity contribution is -0.137. The van der Waals surface area contributed by atoms with Crippen LogP contribution in [-0.4, -0.2) is 48.9 Å². The average molecular weight is 659 g/mol. The van der Waals surface area contributed by atoms with Crippen LogP contribution in [-0.2, 0) is 22.1 Å². The number of likely N-dealkylation sites (tertiary alicyclic amines) is 1. The molecule has 0 atom stereocenters. The summed E-state index contributed by atoms with van der Waals surface area (Å²) >= 11 is 0. The Balaban J connectivity index is 1.29. The van der Waals surface area contributed by atoms with Gasteiger partial charge in [0.2, 0.25) is 0 Å². The predicted octanol–water partition coefficient (Wildman–Crippen LogP) is 7.58. The van der Waals surface area contributed by atoms with E-state index < -0.39 is 29.6 Å². The molecule has 4 aromatic rings. The SMILES string of the molecule is COC(=O)c1ccc(OC(=O)CCCc2ccc(NC(=O)c3ccccc3-c3ccc(C(F)(F)F)cc3)c(C(=O)N3CCCC3)c2)cc1. The smallest absolute Gasteiger partial charge is 0.416 e. The van der Waals surface area contributed by atoms with Crippen molar-refractivity contribution >= 4 is 29.4 Å². The fourth-order valence-electron chi connectivity index (χ4n) is 5.48. The Morgan fingerprint density at radius 3 is 2.19 bits per heavy atom. The van der Waals surface area contributed by atoms with Crippen molar-refractivity contribution < 1.29 is 41.8 Å². The highest BCUT2D eigenvalue weighted by Gasteiger charge is 2.30. The van der Waals surface area contributed by atoms with Crippen LogP contribution >= 0.6 is 0 Å². The van der Waals surface area contributed by atoms with E-state index in [9.17, 15) is 32.3 Å². The number of esters is 2. The number of methoxy groups -OCH3 is 1. The van der Waals surface area contributed by atoms with E-state index in [0.29, 0.717) is 59.6 Å². The van der Waals surface area contributed by atoms with Crippen molar-refractivity contribution in [2.75, 3.05) is 25.5 Å². The Morgan fingerprint density at radius 2 is 1.52 bits per heavy atom. The lowest BCUT2D eigenvalue weighted by Gasteiger charge is -2.19. The highest BCUT2D eigenvalue weighted by Crippen LogP contribution is 2.32. The molecule has 5 rings (SSSR count). The molecule has 1 fully saturated rings. The summed E-state index contributed by atoms with van der Waals surface area (Å²) in [4.78, 5) is 53.0. The van der Waals surface area contributed by atoms with Gasteiger partial charge in [-0.15, -0.1) is 0 Å². The van der Waals surface area contributed by atoms with Crippen LogP contribution < -0.4 is 10.1 Å². The number of hydrogen-bond acceptors (Lipinski definition) is 6. The molecule has 1 saturated heterocycles. The summed E-state index contributed by atoms with van der Waals surface area (Å²) in [5, 5.41) is 2.85. The number of anilines is 1. The van der Waals surface area contributed by atoms with Crippen LogP contribution in [0, 0.1) is 0 Å². The van der Waals surface area contributed by atoms with Crippen LogP contribution in [0.4, 0.5) is 18.9 Å². The highest BCUT2D eigenvalue weighted by atomic mass is 19.4. The van der Waals surface area contributed by atoms with E-state index in [1.165, 1.54) is 43.5 Å². The van der Waals surface area contributed by atoms with E-state index >= 15 is 0 Å². The summed E-state index contributed by atoms with van der Waals surface area (Å²) in [5.74, 6) is -1.40. The number of amides is 2. The summed E-state index contributed by atoms with van der Waals surface area (Å²) in [6.07, 6.45) is -1.73. The van der Waals surface area contributed by atoms with Gasteiger partial charge in [-0.2, -0.15) is 13.2 Å². The first-order valence-corrected chi connectivity index (χ1v) is 15.4. The molecule has 0 saturated carbocycles. The number of rotatable bonds is 10. The summed E-state index contributed by atoms with van der Waals surface area (Å²) in [7, 11) is 1.28. The molecule has 1 aliphatic heterocycles. The molecule has 0 bridgehead atoms. The molecular weight excluding hydrogens is 625 g/mol. The molecule has 4 aromatic carbocycles. The average Bonchev–Trinajstić information content (AvgIpc) is 3.63. The zero-order valence-electron chi connectivity index (χ0n) is 26.1. The third-order valence-electron chi connectivity index (χ3n) is 8.00. The molecule has 0 unspecified atom stereocenters. The second kappa shape index (κ2) is 15.0. The molecule has 1 aliphatic rings. The number of alkyl halides is 3. The third-order valence-corrected chi connectivity index (χ3v) is 8.00. The lowest BCUT2D eigenvalue weighted by atomic mass is 9.97. The number of benzene rings is 4. The van der Waals surface area contributed by atoms with Gasteiger partial charge in [0.1, 0.15) is 5.75 Å². The second-order valence-electron chi connectivity index (χ2n) is 11.3. The summed E-state index contributed by atoms with van der Waals surface area (Å²) in [6.45, 7) is 1.19. The summed E-state index contributed by atoms with van der Waals surface area (Å²) < 4.78 is 49.4. The first-order chi connectivity index (χ1) is 23.0. The molecule has 0 radical (unpaired) electrons. The minimum atomic E-state index is -4.48. The topological polar surface area (TPSA) is 102 Å². The van der Waals surface area contributed by atoms with Crippen LogP contribution in [0.1, 0.15) is 67.9 Å². The van der Waals surface area contributed by atoms with Gasteiger partial charge in [0.25, 0.3) is 11.8 Å². The normalized spacial score (nSPS) is 12.8. The Hall–Kier alpha value is -5.45. The standard InChI is InChI=1S/C37H33F3N2O6/c1-47-36(46)26-14-18-28(19-15-26)48-33(43)10-6-7-24-11-20-32(31(23-24)35(45)42-21-4-5-22-42)41-34(44)30-9-3-2-8-29(30)25-12-16-27(17-13-25)37(38,39)40/h2-3,8-9,11-20,23H,4-7,10,21-22H2,1H3,(H,41,44). The van der Waals surface area contributed by atoms with E-state index in [0.717, 1.165) is 30.5 Å². The molecule has 11 heteroatoms. The maximum atomic E-state index is 13.6. The Kier molecular flexibility index (Phi) is 10.6. The van der Waals surface area contributed by atoms with Crippen molar-refractivity contribution in [1.29, 1.82) is 0 Å². The molecule has 2 amide bonds. The first-order valence-electron chi connectivity index (χ1n) is 15.4. The fraction of sp³-hybridized carbons (Fsp3) is 0.243. The van der Waals surface area contributed by atoms with Gasteiger partial charge in [-0.3, -0.25) is 14.4 Å². The van der Waals surface area contributed by atoms with Gasteiger partial charge >= 0.3 is 18.1 Å². The fourth-order valence-corrected chi connectivity index (χ4v) is 5.48. The highest BCUT2D eigenvalue weighted by molar-refractivity contribution is 6.12. The number of nitrogens with one attached hydrogen (secondary N) is 1. The molecule has 0 aliphatic carbocycles. The molecule has 1 heterocycles. The van der Waals surface area contributed by atoms with Crippen LogP contribution in [0.15, 0.2) is 91.0 Å². The van der Waals surface area contributed by atoms with Gasteiger partial charge < -0.3 is 19.7 Å². The van der Waals surface area contributed by atoms with Crippen LogP contribution in [0.3, 0.4) is 0 Å². The maximum Gasteiger partial charge on any atom is 0.416 e. The number of nitrogens with zero attached hydrogens (tertiary/aromatic N) is 1. The van der Waals surface area contributed by atoms with Crippen molar-refractivity contribution in [3.05, 3.63) is 119 Å². The van der Waals surface area contributed by atoms with E-state index in [1.54, 1.807) is 47.4 Å². The van der Waals surface area contributed by atoms with Gasteiger partial charge in [0.05, 0.1) is 29.5 Å². The molecule has 0 spiro atoms. The van der Waals surface area contributed by atoms with Gasteiger partial charge in [0, 0.05) is 25.1 Å². The number of carbonyl (C=O) groups is 4.